The Bertz CT molecular complexity index is 620. The first kappa shape index (κ1) is 14.1. The predicted octanol–water partition coefficient (Wildman–Crippen LogP) is 2.45. The Kier molecular flexibility index (Phi) is 4.40. The molecule has 0 aliphatic carbocycles. The van der Waals surface area contributed by atoms with Gasteiger partial charge in [0.15, 0.2) is 0 Å². The molecule has 0 radical (unpaired) electrons. The summed E-state index contributed by atoms with van der Waals surface area (Å²) in [4.78, 5) is 16.2. The minimum absolute atomic E-state index is 0.116. The summed E-state index contributed by atoms with van der Waals surface area (Å²) >= 11 is 0. The van der Waals surface area contributed by atoms with Crippen molar-refractivity contribution < 1.29 is 4.74 Å². The smallest absolute Gasteiger partial charge is 0.255 e. The highest BCUT2D eigenvalue weighted by molar-refractivity contribution is 5.42. The zero-order chi connectivity index (χ0) is 14.5. The second-order valence-electron chi connectivity index (χ2n) is 4.63. The molecule has 0 aliphatic heterocycles. The third-order valence-corrected chi connectivity index (χ3v) is 3.15. The van der Waals surface area contributed by atoms with Gasteiger partial charge in [0.1, 0.15) is 11.6 Å². The van der Waals surface area contributed by atoms with Crippen molar-refractivity contribution >= 4 is 5.82 Å². The summed E-state index contributed by atoms with van der Waals surface area (Å²) in [6.07, 6.45) is 4.35. The molecule has 0 spiro atoms. The Labute approximate surface area is 118 Å². The minimum atomic E-state index is -0.116. The van der Waals surface area contributed by atoms with Crippen LogP contribution in [0.15, 0.2) is 41.5 Å². The van der Waals surface area contributed by atoms with Gasteiger partial charge in [-0.1, -0.05) is 6.92 Å². The number of hydrogen-bond donors (Lipinski definition) is 1. The summed E-state index contributed by atoms with van der Waals surface area (Å²) in [5.74, 6) is 1.44. The van der Waals surface area contributed by atoms with E-state index in [0.717, 1.165) is 12.2 Å². The average molecular weight is 273 g/mol. The van der Waals surface area contributed by atoms with Crippen LogP contribution in [-0.4, -0.2) is 22.7 Å². The normalized spacial score (nSPS) is 11.9. The zero-order valence-corrected chi connectivity index (χ0v) is 12.0. The van der Waals surface area contributed by atoms with Gasteiger partial charge < -0.3 is 10.1 Å². The number of ether oxygens (including phenoxy) is 1. The fourth-order valence-corrected chi connectivity index (χ4v) is 1.76. The molecule has 0 amide bonds. The first-order valence-corrected chi connectivity index (χ1v) is 6.63. The van der Waals surface area contributed by atoms with E-state index in [2.05, 4.69) is 24.1 Å². The molecule has 0 aromatic carbocycles. The van der Waals surface area contributed by atoms with Crippen LogP contribution in [0.4, 0.5) is 5.82 Å². The third-order valence-electron chi connectivity index (χ3n) is 3.15. The van der Waals surface area contributed by atoms with Crippen molar-refractivity contribution in [3.8, 4) is 11.4 Å². The van der Waals surface area contributed by atoms with E-state index in [4.69, 9.17) is 4.74 Å². The first-order valence-electron chi connectivity index (χ1n) is 6.63. The van der Waals surface area contributed by atoms with Crippen LogP contribution >= 0.6 is 0 Å². The van der Waals surface area contributed by atoms with Crippen LogP contribution in [0.25, 0.3) is 5.69 Å². The lowest BCUT2D eigenvalue weighted by Gasteiger charge is -2.13. The predicted molar refractivity (Wildman–Crippen MR) is 79.8 cm³/mol. The Hall–Kier alpha value is -2.30. The molecule has 2 aromatic rings. The summed E-state index contributed by atoms with van der Waals surface area (Å²) in [6.45, 7) is 4.21. The maximum Gasteiger partial charge on any atom is 0.255 e. The zero-order valence-electron chi connectivity index (χ0n) is 12.0. The van der Waals surface area contributed by atoms with E-state index >= 15 is 0 Å². The molecule has 0 aliphatic rings. The monoisotopic (exact) mass is 273 g/mol. The third kappa shape index (κ3) is 3.17. The molecule has 5 heteroatoms. The van der Waals surface area contributed by atoms with E-state index in [1.807, 2.05) is 12.1 Å². The molecule has 0 saturated heterocycles. The van der Waals surface area contributed by atoms with Crippen molar-refractivity contribution in [1.29, 1.82) is 0 Å². The second kappa shape index (κ2) is 6.23. The van der Waals surface area contributed by atoms with Crippen molar-refractivity contribution in [3.63, 3.8) is 0 Å². The lowest BCUT2D eigenvalue weighted by molar-refractivity contribution is 0.411. The first-order chi connectivity index (χ1) is 9.63. The number of aromatic nitrogens is 2. The SMILES string of the molecule is CCC(C)Nc1ccc(-n2cc(OC)ccc2=O)cn1. The topological polar surface area (TPSA) is 56.2 Å². The molecule has 1 atom stereocenters. The fraction of sp³-hybridized carbons (Fsp3) is 0.333. The molecular formula is C15H19N3O2. The summed E-state index contributed by atoms with van der Waals surface area (Å²) in [6, 6.07) is 7.22. The summed E-state index contributed by atoms with van der Waals surface area (Å²) < 4.78 is 6.64. The van der Waals surface area contributed by atoms with Gasteiger partial charge >= 0.3 is 0 Å². The van der Waals surface area contributed by atoms with Gasteiger partial charge in [-0.15, -0.1) is 0 Å². The van der Waals surface area contributed by atoms with Gasteiger partial charge in [-0.05, 0) is 31.5 Å². The second-order valence-corrected chi connectivity index (χ2v) is 4.63. The molecule has 1 N–H and O–H groups in total. The number of anilines is 1. The van der Waals surface area contributed by atoms with Gasteiger partial charge in [0.2, 0.25) is 0 Å². The Balaban J connectivity index is 2.28. The van der Waals surface area contributed by atoms with Gasteiger partial charge in [0, 0.05) is 12.1 Å². The highest BCUT2D eigenvalue weighted by atomic mass is 16.5. The van der Waals surface area contributed by atoms with Crippen molar-refractivity contribution in [2.75, 3.05) is 12.4 Å². The molecule has 2 heterocycles. The highest BCUT2D eigenvalue weighted by Gasteiger charge is 2.04. The van der Waals surface area contributed by atoms with Crippen LogP contribution in [-0.2, 0) is 0 Å². The Morgan fingerprint density at radius 2 is 2.15 bits per heavy atom. The quantitative estimate of drug-likeness (QED) is 0.909. The number of nitrogens with zero attached hydrogens (tertiary/aromatic N) is 2. The van der Waals surface area contributed by atoms with E-state index in [0.29, 0.717) is 17.5 Å². The van der Waals surface area contributed by atoms with Gasteiger partial charge in [-0.2, -0.15) is 0 Å². The lowest BCUT2D eigenvalue weighted by Crippen LogP contribution is -2.17. The van der Waals surface area contributed by atoms with Gasteiger partial charge in [0.25, 0.3) is 5.56 Å². The summed E-state index contributed by atoms with van der Waals surface area (Å²) in [5.41, 5.74) is 0.596. The van der Waals surface area contributed by atoms with Crippen LogP contribution in [0.3, 0.4) is 0 Å². The largest absolute Gasteiger partial charge is 0.495 e. The molecule has 5 nitrogen and oxygen atoms in total. The Morgan fingerprint density at radius 3 is 2.75 bits per heavy atom. The van der Waals surface area contributed by atoms with Gasteiger partial charge in [-0.3, -0.25) is 9.36 Å². The molecule has 2 aromatic heterocycles. The summed E-state index contributed by atoms with van der Waals surface area (Å²) in [7, 11) is 1.57. The van der Waals surface area contributed by atoms with E-state index in [-0.39, 0.29) is 5.56 Å². The van der Waals surface area contributed by atoms with E-state index in [1.165, 1.54) is 10.6 Å². The van der Waals surface area contributed by atoms with Crippen LogP contribution in [0.5, 0.6) is 5.75 Å². The molecule has 20 heavy (non-hydrogen) atoms. The summed E-state index contributed by atoms with van der Waals surface area (Å²) in [5, 5.41) is 3.28. The van der Waals surface area contributed by atoms with E-state index in [1.54, 1.807) is 25.6 Å². The minimum Gasteiger partial charge on any atom is -0.495 e. The van der Waals surface area contributed by atoms with Crippen molar-refractivity contribution in [2.45, 2.75) is 26.3 Å². The van der Waals surface area contributed by atoms with Crippen LogP contribution in [0, 0.1) is 0 Å². The van der Waals surface area contributed by atoms with Crippen molar-refractivity contribution in [2.24, 2.45) is 0 Å². The maximum absolute atomic E-state index is 11.9. The van der Waals surface area contributed by atoms with E-state index in [9.17, 15) is 4.79 Å². The maximum atomic E-state index is 11.9. The molecule has 106 valence electrons. The molecule has 1 unspecified atom stereocenters. The molecule has 0 saturated carbocycles. The van der Waals surface area contributed by atoms with Crippen molar-refractivity contribution in [3.05, 3.63) is 47.0 Å². The van der Waals surface area contributed by atoms with Gasteiger partial charge in [-0.25, -0.2) is 4.98 Å². The van der Waals surface area contributed by atoms with Crippen LogP contribution in [0.2, 0.25) is 0 Å². The average Bonchev–Trinajstić information content (AvgIpc) is 2.48. The number of methoxy groups -OCH3 is 1. The molecule has 0 fully saturated rings. The van der Waals surface area contributed by atoms with Crippen LogP contribution < -0.4 is 15.6 Å². The number of pyridine rings is 2. The Morgan fingerprint density at radius 1 is 1.35 bits per heavy atom. The fourth-order valence-electron chi connectivity index (χ4n) is 1.76. The molecular weight excluding hydrogens is 254 g/mol. The standard InChI is InChI=1S/C15H19N3O2/c1-4-11(2)17-14-7-5-12(9-16-14)18-10-13(20-3)6-8-15(18)19/h5-11H,4H2,1-3H3,(H,16,17). The van der Waals surface area contributed by atoms with Crippen molar-refractivity contribution in [1.82, 2.24) is 9.55 Å². The number of nitrogens with one attached hydrogen (secondary N) is 1. The number of hydrogen-bond acceptors (Lipinski definition) is 4. The molecule has 0 bridgehead atoms. The van der Waals surface area contributed by atoms with Gasteiger partial charge in [0.05, 0.1) is 25.2 Å². The van der Waals surface area contributed by atoms with E-state index < -0.39 is 0 Å². The number of rotatable bonds is 5. The highest BCUT2D eigenvalue weighted by Crippen LogP contribution is 2.13. The lowest BCUT2D eigenvalue weighted by atomic mass is 10.2. The molecule has 2 rings (SSSR count). The van der Waals surface area contributed by atoms with Crippen LogP contribution in [0.1, 0.15) is 20.3 Å².